The highest BCUT2D eigenvalue weighted by atomic mass is 16.5. The standard InChI is InChI=1S/C11H21NO3/c1-9(11(13)14-3)6-12(2)7-10-4-5-15-8-10/h9-10H,4-8H2,1-3H3/t9-,10+/m1/s1. The second-order valence-corrected chi connectivity index (χ2v) is 4.38. The van der Waals surface area contributed by atoms with Crippen molar-refractivity contribution >= 4 is 5.97 Å². The van der Waals surface area contributed by atoms with E-state index in [0.717, 1.165) is 32.7 Å². The predicted octanol–water partition coefficient (Wildman–Crippen LogP) is 0.764. The van der Waals surface area contributed by atoms with E-state index in [0.29, 0.717) is 5.92 Å². The van der Waals surface area contributed by atoms with Crippen LogP contribution < -0.4 is 0 Å². The van der Waals surface area contributed by atoms with Gasteiger partial charge in [-0.05, 0) is 19.4 Å². The molecule has 1 heterocycles. The Hall–Kier alpha value is -0.610. The van der Waals surface area contributed by atoms with Gasteiger partial charge in [-0.25, -0.2) is 0 Å². The van der Waals surface area contributed by atoms with Crippen LogP contribution >= 0.6 is 0 Å². The minimum Gasteiger partial charge on any atom is -0.469 e. The van der Waals surface area contributed by atoms with Gasteiger partial charge in [0.25, 0.3) is 0 Å². The van der Waals surface area contributed by atoms with E-state index < -0.39 is 0 Å². The monoisotopic (exact) mass is 215 g/mol. The first-order chi connectivity index (χ1) is 7.13. The normalized spacial score (nSPS) is 23.1. The van der Waals surface area contributed by atoms with E-state index in [1.54, 1.807) is 0 Å². The molecule has 15 heavy (non-hydrogen) atoms. The zero-order valence-corrected chi connectivity index (χ0v) is 9.86. The number of methoxy groups -OCH3 is 1. The lowest BCUT2D eigenvalue weighted by atomic mass is 10.1. The predicted molar refractivity (Wildman–Crippen MR) is 57.6 cm³/mol. The number of hydrogen-bond donors (Lipinski definition) is 0. The SMILES string of the molecule is COC(=O)[C@H](C)CN(C)C[C@@H]1CCOC1. The zero-order chi connectivity index (χ0) is 11.3. The lowest BCUT2D eigenvalue weighted by Gasteiger charge is -2.22. The maximum Gasteiger partial charge on any atom is 0.309 e. The molecule has 0 aromatic rings. The first-order valence-corrected chi connectivity index (χ1v) is 5.47. The van der Waals surface area contributed by atoms with Gasteiger partial charge in [-0.2, -0.15) is 0 Å². The first kappa shape index (κ1) is 12.5. The Morgan fingerprint density at radius 2 is 2.40 bits per heavy atom. The highest BCUT2D eigenvalue weighted by Crippen LogP contribution is 2.14. The van der Waals surface area contributed by atoms with E-state index in [1.165, 1.54) is 7.11 Å². The van der Waals surface area contributed by atoms with Crippen LogP contribution in [0, 0.1) is 11.8 Å². The lowest BCUT2D eigenvalue weighted by molar-refractivity contribution is -0.145. The van der Waals surface area contributed by atoms with Crippen LogP contribution in [0.1, 0.15) is 13.3 Å². The third-order valence-corrected chi connectivity index (χ3v) is 2.78. The molecule has 0 N–H and O–H groups in total. The molecule has 0 spiro atoms. The molecular formula is C11H21NO3. The summed E-state index contributed by atoms with van der Waals surface area (Å²) in [5.74, 6) is 0.437. The minimum absolute atomic E-state index is 0.0534. The van der Waals surface area contributed by atoms with Crippen molar-refractivity contribution in [3.8, 4) is 0 Å². The van der Waals surface area contributed by atoms with E-state index in [-0.39, 0.29) is 11.9 Å². The summed E-state index contributed by atoms with van der Waals surface area (Å²) >= 11 is 0. The minimum atomic E-state index is -0.135. The molecular weight excluding hydrogens is 194 g/mol. The fraction of sp³-hybridized carbons (Fsp3) is 0.909. The molecule has 0 saturated carbocycles. The fourth-order valence-corrected chi connectivity index (χ4v) is 1.99. The molecule has 4 heteroatoms. The van der Waals surface area contributed by atoms with Crippen molar-refractivity contribution in [2.24, 2.45) is 11.8 Å². The summed E-state index contributed by atoms with van der Waals surface area (Å²) in [4.78, 5) is 13.4. The van der Waals surface area contributed by atoms with Crippen molar-refractivity contribution in [3.63, 3.8) is 0 Å². The van der Waals surface area contributed by atoms with Gasteiger partial charge >= 0.3 is 5.97 Å². The molecule has 4 nitrogen and oxygen atoms in total. The van der Waals surface area contributed by atoms with Crippen LogP contribution in [0.25, 0.3) is 0 Å². The number of nitrogens with zero attached hydrogens (tertiary/aromatic N) is 1. The van der Waals surface area contributed by atoms with Crippen molar-refractivity contribution in [1.82, 2.24) is 4.90 Å². The lowest BCUT2D eigenvalue weighted by Crippen LogP contribution is -2.33. The smallest absolute Gasteiger partial charge is 0.309 e. The molecule has 0 bridgehead atoms. The van der Waals surface area contributed by atoms with Crippen LogP contribution in [-0.2, 0) is 14.3 Å². The van der Waals surface area contributed by atoms with Crippen LogP contribution in [0.15, 0.2) is 0 Å². The number of ether oxygens (including phenoxy) is 2. The van der Waals surface area contributed by atoms with E-state index in [9.17, 15) is 4.79 Å². The Bertz CT molecular complexity index is 202. The van der Waals surface area contributed by atoms with Crippen molar-refractivity contribution < 1.29 is 14.3 Å². The number of carbonyl (C=O) groups excluding carboxylic acids is 1. The number of carbonyl (C=O) groups is 1. The Morgan fingerprint density at radius 3 is 2.93 bits per heavy atom. The molecule has 0 aromatic carbocycles. The summed E-state index contributed by atoms with van der Waals surface area (Å²) in [6.45, 7) is 5.39. The molecule has 1 aliphatic rings. The first-order valence-electron chi connectivity index (χ1n) is 5.47. The largest absolute Gasteiger partial charge is 0.469 e. The van der Waals surface area contributed by atoms with Crippen LogP contribution in [-0.4, -0.2) is 51.3 Å². The van der Waals surface area contributed by atoms with Gasteiger partial charge < -0.3 is 14.4 Å². The Labute approximate surface area is 91.5 Å². The van der Waals surface area contributed by atoms with Crippen molar-refractivity contribution in [2.75, 3.05) is 40.5 Å². The Kier molecular flexibility index (Phi) is 5.05. The molecule has 0 unspecified atom stereocenters. The highest BCUT2D eigenvalue weighted by Gasteiger charge is 2.20. The van der Waals surface area contributed by atoms with Gasteiger partial charge in [-0.3, -0.25) is 4.79 Å². The van der Waals surface area contributed by atoms with Crippen LogP contribution in [0.4, 0.5) is 0 Å². The summed E-state index contributed by atoms with van der Waals surface area (Å²) in [5.41, 5.74) is 0. The van der Waals surface area contributed by atoms with E-state index >= 15 is 0 Å². The van der Waals surface area contributed by atoms with Crippen molar-refractivity contribution in [1.29, 1.82) is 0 Å². The van der Waals surface area contributed by atoms with Crippen LogP contribution in [0.2, 0.25) is 0 Å². The maximum atomic E-state index is 11.2. The van der Waals surface area contributed by atoms with Gasteiger partial charge in [0.2, 0.25) is 0 Å². The maximum absolute atomic E-state index is 11.2. The molecule has 1 saturated heterocycles. The molecule has 0 amide bonds. The molecule has 0 aromatic heterocycles. The molecule has 2 atom stereocenters. The van der Waals surface area contributed by atoms with Gasteiger partial charge in [0, 0.05) is 19.7 Å². The number of esters is 1. The summed E-state index contributed by atoms with van der Waals surface area (Å²) in [7, 11) is 3.47. The van der Waals surface area contributed by atoms with Gasteiger partial charge in [0.05, 0.1) is 19.6 Å². The Morgan fingerprint density at radius 1 is 1.67 bits per heavy atom. The molecule has 88 valence electrons. The molecule has 1 rings (SSSR count). The second-order valence-electron chi connectivity index (χ2n) is 4.38. The van der Waals surface area contributed by atoms with Gasteiger partial charge in [0.1, 0.15) is 0 Å². The van der Waals surface area contributed by atoms with Gasteiger partial charge in [-0.1, -0.05) is 6.92 Å². The average molecular weight is 215 g/mol. The van der Waals surface area contributed by atoms with Crippen LogP contribution in [0.3, 0.4) is 0 Å². The quantitative estimate of drug-likeness (QED) is 0.635. The summed E-state index contributed by atoms with van der Waals surface area (Å²) in [6, 6.07) is 0. The van der Waals surface area contributed by atoms with Gasteiger partial charge in [0.15, 0.2) is 0 Å². The van der Waals surface area contributed by atoms with Crippen molar-refractivity contribution in [2.45, 2.75) is 13.3 Å². The van der Waals surface area contributed by atoms with E-state index in [1.807, 2.05) is 14.0 Å². The third-order valence-electron chi connectivity index (χ3n) is 2.78. The fourth-order valence-electron chi connectivity index (χ4n) is 1.99. The molecule has 0 radical (unpaired) electrons. The molecule has 1 fully saturated rings. The van der Waals surface area contributed by atoms with Crippen LogP contribution in [0.5, 0.6) is 0 Å². The summed E-state index contributed by atoms with van der Waals surface area (Å²) in [5, 5.41) is 0. The summed E-state index contributed by atoms with van der Waals surface area (Å²) in [6.07, 6.45) is 1.14. The topological polar surface area (TPSA) is 38.8 Å². The number of rotatable bonds is 5. The van der Waals surface area contributed by atoms with Gasteiger partial charge in [-0.15, -0.1) is 0 Å². The number of hydrogen-bond acceptors (Lipinski definition) is 4. The van der Waals surface area contributed by atoms with E-state index in [4.69, 9.17) is 9.47 Å². The average Bonchev–Trinajstić information content (AvgIpc) is 2.68. The highest BCUT2D eigenvalue weighted by molar-refractivity contribution is 5.71. The van der Waals surface area contributed by atoms with Crippen molar-refractivity contribution in [3.05, 3.63) is 0 Å². The zero-order valence-electron chi connectivity index (χ0n) is 9.86. The second kappa shape index (κ2) is 6.08. The third kappa shape index (κ3) is 4.18. The summed E-state index contributed by atoms with van der Waals surface area (Å²) < 4.78 is 10.0. The van der Waals surface area contributed by atoms with E-state index in [2.05, 4.69) is 4.90 Å². The Balaban J connectivity index is 2.22. The molecule has 0 aliphatic carbocycles. The molecule has 1 aliphatic heterocycles.